The molecule has 2 aliphatic carbocycles. The highest BCUT2D eigenvalue weighted by Crippen LogP contribution is 2.29. The van der Waals surface area contributed by atoms with Crippen molar-refractivity contribution in [2.75, 3.05) is 11.9 Å². The molecule has 4 amide bonds. The summed E-state index contributed by atoms with van der Waals surface area (Å²) in [4.78, 5) is 50.6. The molecule has 0 saturated heterocycles. The van der Waals surface area contributed by atoms with Crippen LogP contribution in [0.5, 0.6) is 0 Å². The van der Waals surface area contributed by atoms with Crippen molar-refractivity contribution in [3.8, 4) is 22.5 Å². The minimum atomic E-state index is -1.05. The van der Waals surface area contributed by atoms with Crippen molar-refractivity contribution < 1.29 is 24.3 Å². The van der Waals surface area contributed by atoms with Gasteiger partial charge in [0.1, 0.15) is 6.04 Å². The molecule has 2 aliphatic rings. The molecule has 49 heavy (non-hydrogen) atoms. The van der Waals surface area contributed by atoms with E-state index in [0.717, 1.165) is 53.5 Å². The molecule has 2 fully saturated rings. The second-order valence-corrected chi connectivity index (χ2v) is 12.9. The highest BCUT2D eigenvalue weighted by molar-refractivity contribution is 5.98. The van der Waals surface area contributed by atoms with Crippen molar-refractivity contribution in [3.05, 3.63) is 83.4 Å². The van der Waals surface area contributed by atoms with E-state index in [4.69, 9.17) is 5.11 Å². The van der Waals surface area contributed by atoms with E-state index in [1.165, 1.54) is 0 Å². The maximum absolute atomic E-state index is 13.7. The fourth-order valence-corrected chi connectivity index (χ4v) is 6.23. The summed E-state index contributed by atoms with van der Waals surface area (Å²) in [5.41, 5.74) is 5.69. The summed E-state index contributed by atoms with van der Waals surface area (Å²) in [5.74, 6) is -0.210. The van der Waals surface area contributed by atoms with Gasteiger partial charge in [-0.1, -0.05) is 36.4 Å². The summed E-state index contributed by atoms with van der Waals surface area (Å²) in [6, 6.07) is 20.2. The van der Waals surface area contributed by atoms with Gasteiger partial charge in [-0.2, -0.15) is 5.21 Å². The number of hydrogen-bond donors (Lipinski definition) is 6. The average molecular weight is 665 g/mol. The van der Waals surface area contributed by atoms with Crippen LogP contribution in [0, 0.1) is 18.8 Å². The number of benzene rings is 3. The Kier molecular flexibility index (Phi) is 10.3. The summed E-state index contributed by atoms with van der Waals surface area (Å²) in [7, 11) is 0. The number of aromatic nitrogens is 4. The fourth-order valence-electron chi connectivity index (χ4n) is 6.23. The smallest absolute Gasteiger partial charge is 0.404 e. The van der Waals surface area contributed by atoms with Crippen molar-refractivity contribution in [3.63, 3.8) is 0 Å². The monoisotopic (exact) mass is 664 g/mol. The van der Waals surface area contributed by atoms with E-state index in [1.807, 2.05) is 49.4 Å². The number of aromatic amines is 1. The van der Waals surface area contributed by atoms with Gasteiger partial charge >= 0.3 is 6.09 Å². The molecule has 0 radical (unpaired) electrons. The van der Waals surface area contributed by atoms with E-state index in [2.05, 4.69) is 41.9 Å². The second kappa shape index (κ2) is 15.1. The van der Waals surface area contributed by atoms with Crippen LogP contribution in [0.25, 0.3) is 22.5 Å². The van der Waals surface area contributed by atoms with Crippen LogP contribution >= 0.6 is 0 Å². The Bertz CT molecular complexity index is 1780. The zero-order chi connectivity index (χ0) is 34.3. The maximum atomic E-state index is 13.7. The van der Waals surface area contributed by atoms with Gasteiger partial charge < -0.3 is 26.4 Å². The second-order valence-electron chi connectivity index (χ2n) is 12.9. The number of nitrogens with zero attached hydrogens (tertiary/aromatic N) is 3. The lowest BCUT2D eigenvalue weighted by Gasteiger charge is -2.29. The number of amides is 4. The Labute approximate surface area is 283 Å². The lowest BCUT2D eigenvalue weighted by Crippen LogP contribution is -2.48. The number of nitrogens with one attached hydrogen (secondary N) is 5. The van der Waals surface area contributed by atoms with Crippen molar-refractivity contribution in [1.82, 2.24) is 36.6 Å². The van der Waals surface area contributed by atoms with Gasteiger partial charge in [-0.15, -0.1) is 10.2 Å². The zero-order valence-corrected chi connectivity index (χ0v) is 27.2. The standard InChI is InChI=1S/C36H40N8O5/c1-21-18-27(12-17-30(21)34(46)38-29-15-16-29)24-6-2-22(3-7-24)19-31(40-33(45)26-8-4-23(5-9-26)20-37-36(48)49)35(47)39-28-13-10-25(11-14-28)32-41-43-44-42-32/h2-3,6-7,10-14,17-18,23,26,29,31,37H,4-5,8-9,15-16,19-20H2,1H3,(H,38,46)(H,39,47)(H,40,45)(H,48,49)(H,41,42,43,44)/t23?,26?,31-/m0/s1. The van der Waals surface area contributed by atoms with Crippen molar-refractivity contribution in [2.45, 2.75) is 64.0 Å². The van der Waals surface area contributed by atoms with Crippen LogP contribution in [0.2, 0.25) is 0 Å². The largest absolute Gasteiger partial charge is 0.465 e. The predicted octanol–water partition coefficient (Wildman–Crippen LogP) is 4.47. The van der Waals surface area contributed by atoms with Crippen LogP contribution in [0.4, 0.5) is 10.5 Å². The lowest BCUT2D eigenvalue weighted by molar-refractivity contribution is -0.130. The van der Waals surface area contributed by atoms with E-state index < -0.39 is 12.1 Å². The van der Waals surface area contributed by atoms with Crippen LogP contribution in [0.1, 0.15) is 60.0 Å². The minimum Gasteiger partial charge on any atom is -0.465 e. The molecule has 3 aromatic carbocycles. The van der Waals surface area contributed by atoms with Crippen molar-refractivity contribution in [1.29, 1.82) is 0 Å². The van der Waals surface area contributed by atoms with Gasteiger partial charge in [0, 0.05) is 41.7 Å². The Morgan fingerprint density at radius 3 is 2.20 bits per heavy atom. The van der Waals surface area contributed by atoms with Gasteiger partial charge in [-0.3, -0.25) is 14.4 Å². The van der Waals surface area contributed by atoms with Gasteiger partial charge in [-0.05, 0) is 109 Å². The summed E-state index contributed by atoms with van der Waals surface area (Å²) in [5, 5.41) is 34.3. The van der Waals surface area contributed by atoms with E-state index in [1.54, 1.807) is 24.3 Å². The number of hydrogen-bond acceptors (Lipinski definition) is 7. The minimum absolute atomic E-state index is 0.0422. The zero-order valence-electron chi connectivity index (χ0n) is 27.2. The number of rotatable bonds is 12. The number of anilines is 1. The molecule has 0 spiro atoms. The molecule has 1 heterocycles. The number of carbonyl (C=O) groups excluding carboxylic acids is 3. The Morgan fingerprint density at radius 1 is 0.878 bits per heavy atom. The maximum Gasteiger partial charge on any atom is 0.404 e. The molecule has 0 aliphatic heterocycles. The Balaban J connectivity index is 1.13. The quantitative estimate of drug-likeness (QED) is 0.128. The average Bonchev–Trinajstić information content (AvgIpc) is 3.75. The number of carbonyl (C=O) groups is 4. The van der Waals surface area contributed by atoms with Gasteiger partial charge in [0.05, 0.1) is 0 Å². The van der Waals surface area contributed by atoms with Gasteiger partial charge in [0.2, 0.25) is 17.6 Å². The third kappa shape index (κ3) is 8.86. The molecule has 13 heteroatoms. The van der Waals surface area contributed by atoms with Gasteiger partial charge in [-0.25, -0.2) is 4.79 Å². The third-order valence-electron chi connectivity index (χ3n) is 9.26. The molecule has 0 bridgehead atoms. The van der Waals surface area contributed by atoms with Gasteiger partial charge in [0.25, 0.3) is 5.91 Å². The van der Waals surface area contributed by atoms with E-state index in [0.29, 0.717) is 42.5 Å². The van der Waals surface area contributed by atoms with Gasteiger partial charge in [0.15, 0.2) is 0 Å². The Hall–Kier alpha value is -5.59. The van der Waals surface area contributed by atoms with E-state index in [9.17, 15) is 19.2 Å². The van der Waals surface area contributed by atoms with E-state index in [-0.39, 0.29) is 36.0 Å². The first-order valence-electron chi connectivity index (χ1n) is 16.6. The summed E-state index contributed by atoms with van der Waals surface area (Å²) < 4.78 is 0. The number of H-pyrrole nitrogens is 1. The molecule has 1 atom stereocenters. The molecule has 0 unspecified atom stereocenters. The molecule has 1 aromatic heterocycles. The molecular weight excluding hydrogens is 624 g/mol. The third-order valence-corrected chi connectivity index (χ3v) is 9.26. The normalized spacial score (nSPS) is 17.8. The number of carboxylic acid groups (broad SMARTS) is 1. The van der Waals surface area contributed by atoms with E-state index >= 15 is 0 Å². The van der Waals surface area contributed by atoms with Crippen LogP contribution in [0.15, 0.2) is 66.7 Å². The number of tetrazole rings is 1. The SMILES string of the molecule is Cc1cc(-c2ccc(C[C@H](NC(=O)C3CCC(CNC(=O)O)CC3)C(=O)Nc3ccc(-c4nn[nH]n4)cc3)cc2)ccc1C(=O)NC1CC1. The van der Waals surface area contributed by atoms with Crippen LogP contribution < -0.4 is 21.3 Å². The summed E-state index contributed by atoms with van der Waals surface area (Å²) in [6.07, 6.45) is 4.00. The highest BCUT2D eigenvalue weighted by atomic mass is 16.4. The predicted molar refractivity (Wildman–Crippen MR) is 182 cm³/mol. The van der Waals surface area contributed by atoms with Crippen molar-refractivity contribution >= 4 is 29.5 Å². The van der Waals surface area contributed by atoms with Crippen LogP contribution in [-0.4, -0.2) is 68.2 Å². The number of aryl methyl sites for hydroxylation is 1. The fraction of sp³-hybridized carbons (Fsp3) is 0.361. The highest BCUT2D eigenvalue weighted by Gasteiger charge is 2.30. The first-order chi connectivity index (χ1) is 23.7. The molecule has 254 valence electrons. The molecular formula is C36H40N8O5. The first-order valence-corrected chi connectivity index (χ1v) is 16.6. The summed E-state index contributed by atoms with van der Waals surface area (Å²) >= 11 is 0. The van der Waals surface area contributed by atoms with Crippen molar-refractivity contribution in [2.24, 2.45) is 11.8 Å². The summed E-state index contributed by atoms with van der Waals surface area (Å²) in [6.45, 7) is 2.31. The molecule has 13 nitrogen and oxygen atoms in total. The van der Waals surface area contributed by atoms with Crippen LogP contribution in [0.3, 0.4) is 0 Å². The lowest BCUT2D eigenvalue weighted by atomic mass is 9.81. The molecule has 4 aromatic rings. The molecule has 2 saturated carbocycles. The molecule has 6 N–H and O–H groups in total. The topological polar surface area (TPSA) is 191 Å². The Morgan fingerprint density at radius 2 is 1.57 bits per heavy atom. The first kappa shape index (κ1) is 33.3. The van der Waals surface area contributed by atoms with Crippen LogP contribution in [-0.2, 0) is 16.0 Å². The molecule has 6 rings (SSSR count).